The number of aromatic hydroxyl groups is 1. The first-order valence-corrected chi connectivity index (χ1v) is 8.30. The molecule has 0 radical (unpaired) electrons. The van der Waals surface area contributed by atoms with E-state index in [1.54, 1.807) is 24.3 Å². The number of nitrogen functional groups attached to an aromatic ring is 1. The molecular formula is C19H17N5O3. The number of benzene rings is 2. The molecule has 1 heterocycles. The molecule has 27 heavy (non-hydrogen) atoms. The molecule has 0 atom stereocenters. The molecule has 0 saturated heterocycles. The summed E-state index contributed by atoms with van der Waals surface area (Å²) in [5.41, 5.74) is 8.30. The second-order valence-electron chi connectivity index (χ2n) is 6.38. The number of H-pyrrole nitrogens is 1. The zero-order chi connectivity index (χ0) is 19.1. The number of hydrogen-bond acceptors (Lipinski definition) is 7. The lowest BCUT2D eigenvalue weighted by atomic mass is 10.1. The quantitative estimate of drug-likeness (QED) is 0.343. The van der Waals surface area contributed by atoms with Crippen LogP contribution in [0.4, 0.5) is 22.9 Å². The van der Waals surface area contributed by atoms with Crippen molar-refractivity contribution in [1.29, 1.82) is 0 Å². The van der Waals surface area contributed by atoms with Crippen LogP contribution in [0.25, 0.3) is 10.9 Å². The lowest BCUT2D eigenvalue weighted by molar-refractivity contribution is 0.474. The van der Waals surface area contributed by atoms with Crippen LogP contribution in [0.1, 0.15) is 11.1 Å². The summed E-state index contributed by atoms with van der Waals surface area (Å²) >= 11 is 0. The molecule has 1 aromatic heterocycles. The molecule has 3 aromatic carbocycles. The monoisotopic (exact) mass is 363 g/mol. The van der Waals surface area contributed by atoms with Gasteiger partial charge < -0.3 is 21.5 Å². The van der Waals surface area contributed by atoms with Crippen molar-refractivity contribution < 1.29 is 5.11 Å². The maximum Gasteiger partial charge on any atom is 0.253 e. The number of phenolic OH excluding ortho intramolecular Hbond substituents is 1. The Hall–Kier alpha value is -3.81. The van der Waals surface area contributed by atoms with Crippen LogP contribution in [0.15, 0.2) is 46.0 Å². The average molecular weight is 363 g/mol. The van der Waals surface area contributed by atoms with Gasteiger partial charge in [0.1, 0.15) is 17.1 Å². The van der Waals surface area contributed by atoms with Gasteiger partial charge in [-0.15, -0.1) is 0 Å². The van der Waals surface area contributed by atoms with E-state index in [9.17, 15) is 14.7 Å². The summed E-state index contributed by atoms with van der Waals surface area (Å²) < 4.78 is 0. The Bertz CT molecular complexity index is 1230. The highest BCUT2D eigenvalue weighted by Gasteiger charge is 2.21. The second kappa shape index (κ2) is 6.17. The van der Waals surface area contributed by atoms with Crippen LogP contribution >= 0.6 is 0 Å². The minimum Gasteiger partial charge on any atom is -0.508 e. The first-order valence-electron chi connectivity index (χ1n) is 8.30. The molecule has 4 aromatic rings. The predicted molar refractivity (Wildman–Crippen MR) is 105 cm³/mol. The number of nitrogens with one attached hydrogen (secondary N) is 3. The summed E-state index contributed by atoms with van der Waals surface area (Å²) in [6, 6.07) is 10.3. The van der Waals surface area contributed by atoms with E-state index in [4.69, 9.17) is 5.73 Å². The van der Waals surface area contributed by atoms with Crippen molar-refractivity contribution in [3.05, 3.63) is 68.0 Å². The molecule has 0 aliphatic carbocycles. The van der Waals surface area contributed by atoms with Crippen molar-refractivity contribution in [3.8, 4) is 5.75 Å². The molecule has 8 nitrogen and oxygen atoms in total. The lowest BCUT2D eigenvalue weighted by Crippen LogP contribution is -2.36. The molecule has 0 bridgehead atoms. The maximum absolute atomic E-state index is 12.0. The largest absolute Gasteiger partial charge is 0.508 e. The number of rotatable bonds is 5. The third-order valence-corrected chi connectivity index (χ3v) is 4.46. The number of aromatic nitrogens is 2. The molecule has 0 amide bonds. The minimum absolute atomic E-state index is 0.138. The van der Waals surface area contributed by atoms with Crippen LogP contribution < -0.4 is 27.2 Å². The van der Waals surface area contributed by atoms with Gasteiger partial charge in [-0.3, -0.25) is 14.7 Å². The summed E-state index contributed by atoms with van der Waals surface area (Å²) in [5.74, 6) is 0.503. The van der Waals surface area contributed by atoms with Gasteiger partial charge >= 0.3 is 0 Å². The van der Waals surface area contributed by atoms with Gasteiger partial charge in [-0.25, -0.2) is 0 Å². The van der Waals surface area contributed by atoms with Crippen molar-refractivity contribution in [2.45, 2.75) is 13.5 Å². The number of aromatic amines is 1. The van der Waals surface area contributed by atoms with E-state index >= 15 is 0 Å². The Labute approximate surface area is 153 Å². The number of nitrogens with two attached hydrogens (primary N) is 1. The summed E-state index contributed by atoms with van der Waals surface area (Å²) in [5, 5.41) is 23.1. The zero-order valence-corrected chi connectivity index (χ0v) is 14.5. The predicted octanol–water partition coefficient (Wildman–Crippen LogP) is 2.11. The molecule has 0 saturated carbocycles. The van der Waals surface area contributed by atoms with E-state index in [0.717, 1.165) is 22.0 Å². The van der Waals surface area contributed by atoms with E-state index < -0.39 is 10.9 Å². The summed E-state index contributed by atoms with van der Waals surface area (Å²) in [7, 11) is 0. The number of hydrogen-bond donors (Lipinski definition) is 5. The Kier molecular flexibility index (Phi) is 3.80. The molecule has 136 valence electrons. The molecule has 0 spiro atoms. The first kappa shape index (κ1) is 16.6. The van der Waals surface area contributed by atoms with Gasteiger partial charge in [-0.05, 0) is 42.3 Å². The van der Waals surface area contributed by atoms with Gasteiger partial charge in [0, 0.05) is 17.6 Å². The van der Waals surface area contributed by atoms with Gasteiger partial charge in [0.05, 0.1) is 5.52 Å². The molecule has 0 fully saturated rings. The van der Waals surface area contributed by atoms with E-state index in [0.29, 0.717) is 18.1 Å². The number of phenols is 1. The highest BCUT2D eigenvalue weighted by Crippen LogP contribution is 2.29. The highest BCUT2D eigenvalue weighted by atomic mass is 16.3. The van der Waals surface area contributed by atoms with Crippen molar-refractivity contribution >= 4 is 33.8 Å². The Morgan fingerprint density at radius 1 is 1.15 bits per heavy atom. The van der Waals surface area contributed by atoms with Gasteiger partial charge in [-0.2, -0.15) is 5.10 Å². The normalized spacial score (nSPS) is 11.1. The summed E-state index contributed by atoms with van der Waals surface area (Å²) in [6.07, 6.45) is 0. The number of aryl methyl sites for hydroxylation is 1. The summed E-state index contributed by atoms with van der Waals surface area (Å²) in [6.45, 7) is 2.20. The first-order chi connectivity index (χ1) is 12.9. The smallest absolute Gasteiger partial charge is 0.253 e. The Balaban J connectivity index is 1.60. The van der Waals surface area contributed by atoms with E-state index in [2.05, 4.69) is 20.8 Å². The lowest BCUT2D eigenvalue weighted by Gasteiger charge is -2.15. The maximum atomic E-state index is 12.0. The highest BCUT2D eigenvalue weighted by molar-refractivity contribution is 5.94. The third-order valence-electron chi connectivity index (χ3n) is 4.46. The third kappa shape index (κ3) is 2.86. The fourth-order valence-electron chi connectivity index (χ4n) is 3.07. The molecule has 0 unspecified atom stereocenters. The zero-order valence-electron chi connectivity index (χ0n) is 14.5. The van der Waals surface area contributed by atoms with Gasteiger partial charge in [0.15, 0.2) is 5.82 Å². The van der Waals surface area contributed by atoms with Crippen LogP contribution in [-0.4, -0.2) is 15.3 Å². The molecule has 0 aliphatic rings. The SMILES string of the molecule is Cc1cc(Nc2c(NCc3cccc(O)c3)c(=O)c2=O)cc2c(N)n[nH]c12. The van der Waals surface area contributed by atoms with Gasteiger partial charge in [0.25, 0.3) is 10.9 Å². The van der Waals surface area contributed by atoms with Gasteiger partial charge in [0.2, 0.25) is 0 Å². The minimum atomic E-state index is -0.577. The molecule has 4 rings (SSSR count). The fourth-order valence-corrected chi connectivity index (χ4v) is 3.07. The Morgan fingerprint density at radius 3 is 2.70 bits per heavy atom. The molecule has 0 aliphatic heterocycles. The van der Waals surface area contributed by atoms with Crippen molar-refractivity contribution in [3.63, 3.8) is 0 Å². The van der Waals surface area contributed by atoms with Crippen LogP contribution in [-0.2, 0) is 6.54 Å². The van der Waals surface area contributed by atoms with Crippen LogP contribution in [0.3, 0.4) is 0 Å². The molecule has 6 N–H and O–H groups in total. The standard InChI is InChI=1S/C19H17N5O3/c1-9-5-11(7-13-14(9)23-24-19(13)20)22-16-15(17(26)18(16)27)21-8-10-3-2-4-12(25)6-10/h2-7,21-22,25H,8H2,1H3,(H3,20,23,24). The average Bonchev–Trinajstić information content (AvgIpc) is 3.02. The number of nitrogens with zero attached hydrogens (tertiary/aromatic N) is 1. The number of anilines is 4. The van der Waals surface area contributed by atoms with Crippen LogP contribution in [0.5, 0.6) is 5.75 Å². The van der Waals surface area contributed by atoms with Gasteiger partial charge in [-0.1, -0.05) is 12.1 Å². The van der Waals surface area contributed by atoms with Crippen molar-refractivity contribution in [2.24, 2.45) is 0 Å². The number of fused-ring (bicyclic) bond motifs is 1. The van der Waals surface area contributed by atoms with E-state index in [-0.39, 0.29) is 17.1 Å². The summed E-state index contributed by atoms with van der Waals surface area (Å²) in [4.78, 5) is 24.0. The van der Waals surface area contributed by atoms with Crippen molar-refractivity contribution in [2.75, 3.05) is 16.4 Å². The van der Waals surface area contributed by atoms with E-state index in [1.165, 1.54) is 0 Å². The molecular weight excluding hydrogens is 346 g/mol. The second-order valence-corrected chi connectivity index (χ2v) is 6.38. The van der Waals surface area contributed by atoms with E-state index in [1.807, 2.05) is 19.1 Å². The fraction of sp³-hybridized carbons (Fsp3) is 0.105. The van der Waals surface area contributed by atoms with Crippen molar-refractivity contribution in [1.82, 2.24) is 10.2 Å². The topological polar surface area (TPSA) is 133 Å². The Morgan fingerprint density at radius 2 is 1.93 bits per heavy atom. The van der Waals surface area contributed by atoms with Crippen LogP contribution in [0.2, 0.25) is 0 Å². The molecule has 8 heteroatoms. The van der Waals surface area contributed by atoms with Crippen LogP contribution in [0, 0.1) is 6.92 Å².